The Morgan fingerprint density at radius 3 is 2.29 bits per heavy atom. The molecule has 0 aromatic heterocycles. The van der Waals surface area contributed by atoms with Crippen LogP contribution in [0.4, 0.5) is 0 Å². The van der Waals surface area contributed by atoms with Gasteiger partial charge >= 0.3 is 0 Å². The van der Waals surface area contributed by atoms with Gasteiger partial charge in [0.1, 0.15) is 0 Å². The molecule has 1 nitrogen and oxygen atoms in total. The SMILES string of the molecule is [CH-]=CC/C=C/N.[Y]. The molecule has 0 aliphatic carbocycles. The summed E-state index contributed by atoms with van der Waals surface area (Å²) in [5, 5.41) is 0. The first-order valence-corrected chi connectivity index (χ1v) is 1.82. The zero-order valence-electron chi connectivity index (χ0n) is 4.17. The molecule has 0 bridgehead atoms. The van der Waals surface area contributed by atoms with E-state index in [1.165, 1.54) is 6.20 Å². The summed E-state index contributed by atoms with van der Waals surface area (Å²) in [5.74, 6) is 0. The maximum Gasteiger partial charge on any atom is 0 e. The van der Waals surface area contributed by atoms with E-state index in [0.29, 0.717) is 0 Å². The summed E-state index contributed by atoms with van der Waals surface area (Å²) in [6.07, 6.45) is 5.56. The summed E-state index contributed by atoms with van der Waals surface area (Å²) in [5.41, 5.74) is 4.96. The van der Waals surface area contributed by atoms with E-state index in [1.807, 2.05) is 0 Å². The molecule has 0 saturated heterocycles. The summed E-state index contributed by atoms with van der Waals surface area (Å²) in [4.78, 5) is 0. The van der Waals surface area contributed by atoms with E-state index < -0.39 is 0 Å². The Balaban J connectivity index is 0. The summed E-state index contributed by atoms with van der Waals surface area (Å²) in [6, 6.07) is 0. The quantitative estimate of drug-likeness (QED) is 0.612. The van der Waals surface area contributed by atoms with Crippen LogP contribution in [0.3, 0.4) is 0 Å². The van der Waals surface area contributed by atoms with Gasteiger partial charge in [-0.25, -0.2) is 0 Å². The maximum atomic E-state index is 4.98. The van der Waals surface area contributed by atoms with Crippen molar-refractivity contribution < 1.29 is 32.7 Å². The van der Waals surface area contributed by atoms with E-state index >= 15 is 0 Å². The predicted octanol–water partition coefficient (Wildman–Crippen LogP) is 0.836. The van der Waals surface area contributed by atoms with Crippen molar-refractivity contribution in [2.45, 2.75) is 6.42 Å². The average molecular weight is 171 g/mol. The second-order valence-electron chi connectivity index (χ2n) is 0.900. The molecule has 0 spiro atoms. The number of hydrogen-bond donors (Lipinski definition) is 1. The van der Waals surface area contributed by atoms with Crippen molar-refractivity contribution in [2.24, 2.45) is 5.73 Å². The van der Waals surface area contributed by atoms with Crippen molar-refractivity contribution in [3.05, 3.63) is 24.9 Å². The van der Waals surface area contributed by atoms with Gasteiger partial charge in [-0.3, -0.25) is 6.08 Å². The fraction of sp³-hybridized carbons (Fsp3) is 0.200. The first-order chi connectivity index (χ1) is 2.91. The van der Waals surface area contributed by atoms with Gasteiger partial charge in [0.25, 0.3) is 0 Å². The van der Waals surface area contributed by atoms with Crippen molar-refractivity contribution in [2.75, 3.05) is 0 Å². The molecule has 0 aliphatic rings. The molecule has 2 N–H and O–H groups in total. The smallest absolute Gasteiger partial charge is 0 e. The van der Waals surface area contributed by atoms with Crippen molar-refractivity contribution >= 4 is 0 Å². The number of nitrogens with two attached hydrogens (primary N) is 1. The van der Waals surface area contributed by atoms with Crippen LogP contribution in [0.1, 0.15) is 6.42 Å². The monoisotopic (exact) mass is 171 g/mol. The van der Waals surface area contributed by atoms with Crippen molar-refractivity contribution in [3.63, 3.8) is 0 Å². The Morgan fingerprint density at radius 1 is 1.57 bits per heavy atom. The van der Waals surface area contributed by atoms with Crippen molar-refractivity contribution in [1.29, 1.82) is 0 Å². The minimum Gasteiger partial charge on any atom is -0.518 e. The van der Waals surface area contributed by atoms with Crippen LogP contribution in [0, 0.1) is 6.58 Å². The van der Waals surface area contributed by atoms with E-state index in [1.54, 1.807) is 12.2 Å². The number of allylic oxidation sites excluding steroid dienone is 2. The van der Waals surface area contributed by atoms with Crippen LogP contribution in [0.5, 0.6) is 0 Å². The normalized spacial score (nSPS) is 8.00. The minimum atomic E-state index is 0. The summed E-state index contributed by atoms with van der Waals surface area (Å²) >= 11 is 0. The van der Waals surface area contributed by atoms with Crippen molar-refractivity contribution in [1.82, 2.24) is 0 Å². The van der Waals surface area contributed by atoms with Crippen LogP contribution in [-0.4, -0.2) is 0 Å². The van der Waals surface area contributed by atoms with Crippen LogP contribution < -0.4 is 5.73 Å². The van der Waals surface area contributed by atoms with Gasteiger partial charge in [0, 0.05) is 32.7 Å². The van der Waals surface area contributed by atoms with Crippen molar-refractivity contribution in [3.8, 4) is 0 Å². The Hall–Kier alpha value is 0.384. The first kappa shape index (κ1) is 10.4. The number of hydrogen-bond acceptors (Lipinski definition) is 1. The Labute approximate surface area is 69.5 Å². The van der Waals surface area contributed by atoms with Gasteiger partial charge in [0.2, 0.25) is 0 Å². The topological polar surface area (TPSA) is 26.0 Å². The third-order valence-electron chi connectivity index (χ3n) is 0.408. The molecule has 0 aromatic rings. The molecule has 1 radical (unpaired) electrons. The maximum absolute atomic E-state index is 4.98. The molecular formula is C5H8NY-. The average Bonchev–Trinajstić information content (AvgIpc) is 1.61. The fourth-order valence-electron chi connectivity index (χ4n) is 0.157. The van der Waals surface area contributed by atoms with E-state index in [-0.39, 0.29) is 32.7 Å². The largest absolute Gasteiger partial charge is 0.518 e. The molecule has 37 valence electrons. The first-order valence-electron chi connectivity index (χ1n) is 1.82. The van der Waals surface area contributed by atoms with Crippen LogP contribution in [0.25, 0.3) is 0 Å². The summed E-state index contributed by atoms with van der Waals surface area (Å²) in [6.45, 7) is 4.98. The minimum absolute atomic E-state index is 0. The Kier molecular flexibility index (Phi) is 14.3. The second kappa shape index (κ2) is 9.63. The molecule has 0 saturated carbocycles. The fourth-order valence-corrected chi connectivity index (χ4v) is 0.157. The summed E-state index contributed by atoms with van der Waals surface area (Å²) in [7, 11) is 0. The van der Waals surface area contributed by atoms with Crippen LogP contribution in [0.2, 0.25) is 0 Å². The Morgan fingerprint density at radius 2 is 2.14 bits per heavy atom. The van der Waals surface area contributed by atoms with E-state index in [2.05, 4.69) is 0 Å². The van der Waals surface area contributed by atoms with E-state index in [0.717, 1.165) is 6.42 Å². The van der Waals surface area contributed by atoms with Gasteiger partial charge in [-0.05, 0) is 12.6 Å². The predicted molar refractivity (Wildman–Crippen MR) is 26.8 cm³/mol. The van der Waals surface area contributed by atoms with Gasteiger partial charge in [0.15, 0.2) is 0 Å². The molecule has 0 unspecified atom stereocenters. The van der Waals surface area contributed by atoms with Gasteiger partial charge in [-0.15, -0.1) is 0 Å². The molecule has 2 heteroatoms. The zero-order valence-corrected chi connectivity index (χ0v) is 7.01. The van der Waals surface area contributed by atoms with Gasteiger partial charge in [0.05, 0.1) is 0 Å². The summed E-state index contributed by atoms with van der Waals surface area (Å²) < 4.78 is 0. The third-order valence-corrected chi connectivity index (χ3v) is 0.408. The van der Waals surface area contributed by atoms with Crippen LogP contribution in [-0.2, 0) is 32.7 Å². The molecule has 0 fully saturated rings. The molecule has 0 heterocycles. The van der Waals surface area contributed by atoms with Crippen LogP contribution in [0.15, 0.2) is 18.4 Å². The van der Waals surface area contributed by atoms with Gasteiger partial charge < -0.3 is 12.3 Å². The second-order valence-corrected chi connectivity index (χ2v) is 0.900. The molecule has 0 aromatic carbocycles. The zero-order chi connectivity index (χ0) is 4.83. The molecule has 7 heavy (non-hydrogen) atoms. The molecular weight excluding hydrogens is 163 g/mol. The standard InChI is InChI=1S/C5H8N.Y/c1-2-3-4-5-6;/h1-2,4-5H,3,6H2;/q-1;/b5-4+;. The molecule has 0 aliphatic heterocycles. The van der Waals surface area contributed by atoms with Gasteiger partial charge in [-0.1, -0.05) is 6.08 Å². The van der Waals surface area contributed by atoms with Crippen LogP contribution >= 0.6 is 0 Å². The molecule has 0 atom stereocenters. The third kappa shape index (κ3) is 10.7. The van der Waals surface area contributed by atoms with E-state index in [9.17, 15) is 0 Å². The molecule has 0 rings (SSSR count). The van der Waals surface area contributed by atoms with Gasteiger partial charge in [-0.2, -0.15) is 0 Å². The van der Waals surface area contributed by atoms with E-state index in [4.69, 9.17) is 12.3 Å². The molecule has 0 amide bonds. The number of rotatable bonds is 2. The Bertz CT molecular complexity index is 59.1.